The zero-order chi connectivity index (χ0) is 9.80. The third kappa shape index (κ3) is 2.13. The van der Waals surface area contributed by atoms with Crippen molar-refractivity contribution >= 4 is 5.84 Å². The molecule has 14 heavy (non-hydrogen) atoms. The first-order chi connectivity index (χ1) is 6.86. The van der Waals surface area contributed by atoms with Crippen LogP contribution >= 0.6 is 0 Å². The Morgan fingerprint density at radius 2 is 1.93 bits per heavy atom. The van der Waals surface area contributed by atoms with Gasteiger partial charge in [-0.3, -0.25) is 5.41 Å². The van der Waals surface area contributed by atoms with Crippen molar-refractivity contribution in [1.29, 1.82) is 5.41 Å². The molecule has 0 spiro atoms. The third-order valence-corrected chi connectivity index (χ3v) is 2.69. The van der Waals surface area contributed by atoms with Crippen molar-refractivity contribution in [2.24, 2.45) is 0 Å². The zero-order valence-electron chi connectivity index (χ0n) is 8.37. The quantitative estimate of drug-likeness (QED) is 0.759. The fraction of sp³-hybridized carbons (Fsp3) is 0.417. The lowest BCUT2D eigenvalue weighted by molar-refractivity contribution is 0.361. The monoisotopic (exact) mass is 188 g/mol. The SMILES string of the molecule is N=C1CCCCN1Cc1ccccc1. The predicted molar refractivity (Wildman–Crippen MR) is 58.4 cm³/mol. The van der Waals surface area contributed by atoms with Crippen LogP contribution in [0.2, 0.25) is 0 Å². The summed E-state index contributed by atoms with van der Waals surface area (Å²) in [7, 11) is 0. The van der Waals surface area contributed by atoms with Crippen LogP contribution < -0.4 is 0 Å². The number of nitrogens with one attached hydrogen (secondary N) is 1. The number of nitrogens with zero attached hydrogens (tertiary/aromatic N) is 1. The molecule has 0 saturated carbocycles. The van der Waals surface area contributed by atoms with Crippen molar-refractivity contribution in [2.45, 2.75) is 25.8 Å². The number of likely N-dealkylation sites (tertiary alicyclic amines) is 1. The van der Waals surface area contributed by atoms with Gasteiger partial charge in [0.2, 0.25) is 0 Å². The van der Waals surface area contributed by atoms with Gasteiger partial charge in [-0.1, -0.05) is 30.3 Å². The van der Waals surface area contributed by atoms with Crippen molar-refractivity contribution < 1.29 is 0 Å². The molecule has 74 valence electrons. The minimum atomic E-state index is 0.806. The molecule has 0 amide bonds. The van der Waals surface area contributed by atoms with Gasteiger partial charge in [-0.15, -0.1) is 0 Å². The average Bonchev–Trinajstić information content (AvgIpc) is 2.23. The Morgan fingerprint density at radius 1 is 1.14 bits per heavy atom. The highest BCUT2D eigenvalue weighted by Gasteiger charge is 2.14. The molecule has 1 aliphatic rings. The second kappa shape index (κ2) is 4.27. The van der Waals surface area contributed by atoms with Crippen LogP contribution in [0.3, 0.4) is 0 Å². The van der Waals surface area contributed by atoms with Crippen molar-refractivity contribution in [1.82, 2.24) is 4.90 Å². The minimum Gasteiger partial charge on any atom is -0.356 e. The van der Waals surface area contributed by atoms with Gasteiger partial charge in [0.15, 0.2) is 0 Å². The van der Waals surface area contributed by atoms with Gasteiger partial charge in [-0.05, 0) is 18.4 Å². The molecule has 1 saturated heterocycles. The summed E-state index contributed by atoms with van der Waals surface area (Å²) in [5.74, 6) is 0.806. The summed E-state index contributed by atoms with van der Waals surface area (Å²) in [6, 6.07) is 10.4. The van der Waals surface area contributed by atoms with Gasteiger partial charge in [-0.2, -0.15) is 0 Å². The molecule has 1 aromatic carbocycles. The van der Waals surface area contributed by atoms with E-state index in [1.165, 1.54) is 18.4 Å². The molecule has 2 rings (SSSR count). The van der Waals surface area contributed by atoms with Gasteiger partial charge in [0, 0.05) is 19.5 Å². The second-order valence-electron chi connectivity index (χ2n) is 3.81. The largest absolute Gasteiger partial charge is 0.356 e. The van der Waals surface area contributed by atoms with Gasteiger partial charge >= 0.3 is 0 Å². The summed E-state index contributed by atoms with van der Waals surface area (Å²) in [5.41, 5.74) is 1.30. The number of hydrogen-bond acceptors (Lipinski definition) is 1. The molecular formula is C12H16N2. The molecule has 2 heteroatoms. The summed E-state index contributed by atoms with van der Waals surface area (Å²) in [5, 5.41) is 7.82. The lowest BCUT2D eigenvalue weighted by Crippen LogP contribution is -2.34. The standard InChI is InChI=1S/C12H16N2/c13-12-8-4-5-9-14(12)10-11-6-2-1-3-7-11/h1-3,6-7,13H,4-5,8-10H2. The zero-order valence-corrected chi connectivity index (χ0v) is 8.37. The van der Waals surface area contributed by atoms with Crippen LogP contribution in [0.1, 0.15) is 24.8 Å². The Bertz CT molecular complexity index is 305. The van der Waals surface area contributed by atoms with E-state index in [0.29, 0.717) is 0 Å². The van der Waals surface area contributed by atoms with E-state index in [-0.39, 0.29) is 0 Å². The van der Waals surface area contributed by atoms with Crippen molar-refractivity contribution in [2.75, 3.05) is 6.54 Å². The van der Waals surface area contributed by atoms with Gasteiger partial charge in [0.25, 0.3) is 0 Å². The molecule has 0 radical (unpaired) electrons. The Hall–Kier alpha value is -1.31. The summed E-state index contributed by atoms with van der Waals surface area (Å²) < 4.78 is 0. The summed E-state index contributed by atoms with van der Waals surface area (Å²) in [4.78, 5) is 2.18. The maximum Gasteiger partial charge on any atom is 0.0960 e. The van der Waals surface area contributed by atoms with Gasteiger partial charge in [-0.25, -0.2) is 0 Å². The molecule has 0 atom stereocenters. The summed E-state index contributed by atoms with van der Waals surface area (Å²) >= 11 is 0. The fourth-order valence-electron chi connectivity index (χ4n) is 1.87. The molecule has 0 unspecified atom stereocenters. The van der Waals surface area contributed by atoms with Gasteiger partial charge in [0.1, 0.15) is 0 Å². The van der Waals surface area contributed by atoms with E-state index in [9.17, 15) is 0 Å². The van der Waals surface area contributed by atoms with E-state index < -0.39 is 0 Å². The number of hydrogen-bond donors (Lipinski definition) is 1. The second-order valence-corrected chi connectivity index (χ2v) is 3.81. The molecular weight excluding hydrogens is 172 g/mol. The lowest BCUT2D eigenvalue weighted by Gasteiger charge is -2.29. The first-order valence-electron chi connectivity index (χ1n) is 5.22. The fourth-order valence-corrected chi connectivity index (χ4v) is 1.87. The Kier molecular flexibility index (Phi) is 2.82. The highest BCUT2D eigenvalue weighted by Crippen LogP contribution is 2.14. The van der Waals surface area contributed by atoms with E-state index in [1.807, 2.05) is 6.07 Å². The van der Waals surface area contributed by atoms with Crippen molar-refractivity contribution in [3.63, 3.8) is 0 Å². The number of rotatable bonds is 2. The molecule has 1 heterocycles. The maximum atomic E-state index is 7.82. The van der Waals surface area contributed by atoms with Gasteiger partial charge < -0.3 is 4.90 Å². The molecule has 1 N–H and O–H groups in total. The van der Waals surface area contributed by atoms with E-state index in [0.717, 1.165) is 25.3 Å². The smallest absolute Gasteiger partial charge is 0.0960 e. The lowest BCUT2D eigenvalue weighted by atomic mass is 10.1. The van der Waals surface area contributed by atoms with E-state index >= 15 is 0 Å². The van der Waals surface area contributed by atoms with E-state index in [2.05, 4.69) is 29.2 Å². The van der Waals surface area contributed by atoms with Crippen LogP contribution in [0.25, 0.3) is 0 Å². The van der Waals surface area contributed by atoms with Crippen LogP contribution in [0.5, 0.6) is 0 Å². The summed E-state index contributed by atoms with van der Waals surface area (Å²) in [6.45, 7) is 1.95. The Labute approximate surface area is 85.1 Å². The van der Waals surface area contributed by atoms with E-state index in [1.54, 1.807) is 0 Å². The van der Waals surface area contributed by atoms with Crippen LogP contribution in [-0.2, 0) is 6.54 Å². The normalized spacial score (nSPS) is 17.1. The first kappa shape index (κ1) is 9.25. The Morgan fingerprint density at radius 3 is 2.64 bits per heavy atom. The maximum absolute atomic E-state index is 7.82. The minimum absolute atomic E-state index is 0.806. The molecule has 0 aromatic heterocycles. The molecule has 2 nitrogen and oxygen atoms in total. The first-order valence-corrected chi connectivity index (χ1v) is 5.22. The average molecular weight is 188 g/mol. The van der Waals surface area contributed by atoms with Crippen molar-refractivity contribution in [3.8, 4) is 0 Å². The third-order valence-electron chi connectivity index (χ3n) is 2.69. The number of amidine groups is 1. The molecule has 1 aromatic rings. The highest BCUT2D eigenvalue weighted by molar-refractivity contribution is 5.79. The van der Waals surface area contributed by atoms with Crippen LogP contribution in [0, 0.1) is 5.41 Å². The topological polar surface area (TPSA) is 27.1 Å². The van der Waals surface area contributed by atoms with Crippen molar-refractivity contribution in [3.05, 3.63) is 35.9 Å². The molecule has 1 aliphatic heterocycles. The molecule has 0 bridgehead atoms. The molecule has 1 fully saturated rings. The summed E-state index contributed by atoms with van der Waals surface area (Å²) in [6.07, 6.45) is 3.37. The molecule has 0 aliphatic carbocycles. The van der Waals surface area contributed by atoms with Crippen LogP contribution in [0.4, 0.5) is 0 Å². The highest BCUT2D eigenvalue weighted by atomic mass is 15.2. The Balaban J connectivity index is 2.00. The number of piperidine rings is 1. The van der Waals surface area contributed by atoms with Crippen LogP contribution in [0.15, 0.2) is 30.3 Å². The van der Waals surface area contributed by atoms with Crippen LogP contribution in [-0.4, -0.2) is 17.3 Å². The predicted octanol–water partition coefficient (Wildman–Crippen LogP) is 2.65. The number of benzene rings is 1. The van der Waals surface area contributed by atoms with E-state index in [4.69, 9.17) is 5.41 Å². The van der Waals surface area contributed by atoms with Gasteiger partial charge in [0.05, 0.1) is 5.84 Å².